The molecule has 0 amide bonds. The van der Waals surface area contributed by atoms with Gasteiger partial charge in [-0.05, 0) is 26.2 Å². The minimum Gasteiger partial charge on any atom is -0.356 e. The van der Waals surface area contributed by atoms with Gasteiger partial charge in [-0.15, -0.1) is 0 Å². The quantitative estimate of drug-likeness (QED) is 0.369. The molecule has 0 spiro atoms. The second kappa shape index (κ2) is 4.97. The summed E-state index contributed by atoms with van der Waals surface area (Å²) in [6, 6.07) is 0. The van der Waals surface area contributed by atoms with Gasteiger partial charge in [-0.25, -0.2) is 5.01 Å². The molecule has 0 aromatic rings. The molecule has 13 heavy (non-hydrogen) atoms. The Morgan fingerprint density at radius 1 is 1.54 bits per heavy atom. The van der Waals surface area contributed by atoms with Gasteiger partial charge in [-0.1, -0.05) is 0 Å². The summed E-state index contributed by atoms with van der Waals surface area (Å²) in [6.07, 6.45) is 3.37. The number of nitrogens with zero attached hydrogens (tertiary/aromatic N) is 3. The van der Waals surface area contributed by atoms with E-state index < -0.39 is 0 Å². The van der Waals surface area contributed by atoms with E-state index in [0.717, 1.165) is 25.3 Å². The fourth-order valence-electron chi connectivity index (χ4n) is 1.42. The molecule has 1 fully saturated rings. The lowest BCUT2D eigenvalue weighted by Crippen LogP contribution is -2.38. The van der Waals surface area contributed by atoms with Crippen LogP contribution < -0.4 is 0 Å². The monoisotopic (exact) mass is 183 g/mol. The van der Waals surface area contributed by atoms with Crippen LogP contribution in [-0.2, 0) is 4.74 Å². The topological polar surface area (TPSA) is 37.2 Å². The van der Waals surface area contributed by atoms with Crippen LogP contribution in [0, 0.1) is 0 Å². The van der Waals surface area contributed by atoms with E-state index in [4.69, 9.17) is 4.74 Å². The molecule has 1 atom stereocenters. The van der Waals surface area contributed by atoms with E-state index in [1.54, 1.807) is 12.1 Å². The van der Waals surface area contributed by atoms with Gasteiger partial charge in [0.15, 0.2) is 6.23 Å². The zero-order valence-corrected chi connectivity index (χ0v) is 8.36. The fraction of sp³-hybridized carbons (Fsp3) is 0.778. The molecular formula is C9H17N3O. The third kappa shape index (κ3) is 2.52. The van der Waals surface area contributed by atoms with Crippen LogP contribution >= 0.6 is 0 Å². The van der Waals surface area contributed by atoms with Crippen molar-refractivity contribution in [2.45, 2.75) is 32.4 Å². The van der Waals surface area contributed by atoms with Crippen LogP contribution in [0.3, 0.4) is 0 Å². The summed E-state index contributed by atoms with van der Waals surface area (Å²) >= 11 is 0. The molecule has 0 aromatic carbocycles. The summed E-state index contributed by atoms with van der Waals surface area (Å²) in [7, 11) is 1.75. The van der Waals surface area contributed by atoms with Gasteiger partial charge in [0.05, 0.1) is 0 Å². The van der Waals surface area contributed by atoms with Crippen molar-refractivity contribution in [1.82, 2.24) is 5.01 Å². The van der Waals surface area contributed by atoms with Crippen LogP contribution in [0.4, 0.5) is 0 Å². The van der Waals surface area contributed by atoms with Gasteiger partial charge < -0.3 is 4.74 Å². The molecule has 4 nitrogen and oxygen atoms in total. The highest BCUT2D eigenvalue weighted by Gasteiger charge is 2.21. The van der Waals surface area contributed by atoms with Gasteiger partial charge in [0.25, 0.3) is 0 Å². The molecular weight excluding hydrogens is 166 g/mol. The van der Waals surface area contributed by atoms with E-state index in [-0.39, 0.29) is 6.23 Å². The van der Waals surface area contributed by atoms with Crippen LogP contribution in [0.2, 0.25) is 0 Å². The molecule has 0 N–H and O–H groups in total. The molecule has 1 saturated heterocycles. The molecule has 1 aliphatic heterocycles. The van der Waals surface area contributed by atoms with Gasteiger partial charge in [-0.2, -0.15) is 5.10 Å². The van der Waals surface area contributed by atoms with Crippen molar-refractivity contribution < 1.29 is 4.74 Å². The first kappa shape index (κ1) is 10.2. The fourth-order valence-corrected chi connectivity index (χ4v) is 1.42. The Balaban J connectivity index is 2.59. The zero-order chi connectivity index (χ0) is 9.68. The molecule has 0 bridgehead atoms. The Hall–Kier alpha value is -0.900. The van der Waals surface area contributed by atoms with Crippen molar-refractivity contribution in [2.75, 3.05) is 13.7 Å². The molecule has 1 aliphatic rings. The maximum Gasteiger partial charge on any atom is 0.152 e. The number of aliphatic imine (C=N–C) groups is 1. The van der Waals surface area contributed by atoms with Crippen molar-refractivity contribution in [1.29, 1.82) is 0 Å². The third-order valence-corrected chi connectivity index (χ3v) is 2.24. The zero-order valence-electron chi connectivity index (χ0n) is 8.36. The largest absolute Gasteiger partial charge is 0.356 e. The summed E-state index contributed by atoms with van der Waals surface area (Å²) in [6.45, 7) is 6.24. The minimum absolute atomic E-state index is 0.0370. The predicted molar refractivity (Wildman–Crippen MR) is 54.0 cm³/mol. The van der Waals surface area contributed by atoms with Crippen LogP contribution in [0.1, 0.15) is 26.2 Å². The molecule has 0 saturated carbocycles. The van der Waals surface area contributed by atoms with Crippen LogP contribution in [-0.4, -0.2) is 37.4 Å². The second-order valence-corrected chi connectivity index (χ2v) is 3.08. The van der Waals surface area contributed by atoms with Gasteiger partial charge >= 0.3 is 0 Å². The summed E-state index contributed by atoms with van der Waals surface area (Å²) in [5.74, 6) is 0.849. The molecule has 0 aliphatic carbocycles. The number of amidine groups is 1. The first-order valence-electron chi connectivity index (χ1n) is 4.60. The molecule has 74 valence electrons. The van der Waals surface area contributed by atoms with Crippen molar-refractivity contribution in [3.05, 3.63) is 0 Å². The normalized spacial score (nSPS) is 24.2. The predicted octanol–water partition coefficient (Wildman–Crippen LogP) is 1.48. The highest BCUT2D eigenvalue weighted by atomic mass is 16.5. The van der Waals surface area contributed by atoms with E-state index in [2.05, 4.69) is 16.8 Å². The molecule has 0 aromatic heterocycles. The Morgan fingerprint density at radius 3 is 2.77 bits per heavy atom. The molecule has 0 radical (unpaired) electrons. The Kier molecular flexibility index (Phi) is 3.89. The minimum atomic E-state index is 0.0370. The number of ether oxygens (including phenoxy) is 1. The molecule has 4 heteroatoms. The Labute approximate surface area is 79.3 Å². The second-order valence-electron chi connectivity index (χ2n) is 3.08. The molecule has 1 unspecified atom stereocenters. The molecule has 1 rings (SSSR count). The lowest BCUT2D eigenvalue weighted by atomic mass is 10.2. The lowest BCUT2D eigenvalue weighted by molar-refractivity contribution is -0.0553. The van der Waals surface area contributed by atoms with Crippen molar-refractivity contribution in [3.8, 4) is 0 Å². The van der Waals surface area contributed by atoms with Crippen molar-refractivity contribution >= 4 is 12.6 Å². The van der Waals surface area contributed by atoms with Crippen LogP contribution in [0.15, 0.2) is 10.1 Å². The van der Waals surface area contributed by atoms with Gasteiger partial charge in [0.2, 0.25) is 0 Å². The first-order valence-corrected chi connectivity index (χ1v) is 4.60. The average molecular weight is 183 g/mol. The number of hydrogen-bond acceptors (Lipinski definition) is 3. The van der Waals surface area contributed by atoms with E-state index in [9.17, 15) is 0 Å². The third-order valence-electron chi connectivity index (χ3n) is 2.24. The molecule has 1 heterocycles. The lowest BCUT2D eigenvalue weighted by Gasteiger charge is -2.31. The van der Waals surface area contributed by atoms with E-state index in [1.165, 1.54) is 6.42 Å². The Bertz CT molecular complexity index is 197. The van der Waals surface area contributed by atoms with Crippen LogP contribution in [0.5, 0.6) is 0 Å². The van der Waals surface area contributed by atoms with E-state index in [1.807, 2.05) is 6.92 Å². The van der Waals surface area contributed by atoms with Gasteiger partial charge in [-0.3, -0.25) is 4.99 Å². The number of rotatable bonds is 2. The standard InChI is InChI=1S/C9H17N3O/c1-8(10-2)12(11-3)9-6-4-5-7-13-9/h9H,3-7H2,1-2H3. The van der Waals surface area contributed by atoms with Crippen molar-refractivity contribution in [2.24, 2.45) is 10.1 Å². The average Bonchev–Trinajstić information content (AvgIpc) is 2.20. The highest BCUT2D eigenvalue weighted by molar-refractivity contribution is 5.79. The SMILES string of the molecule is C=NN(C(C)=NC)C1CCCCO1. The van der Waals surface area contributed by atoms with Crippen LogP contribution in [0.25, 0.3) is 0 Å². The summed E-state index contributed by atoms with van der Waals surface area (Å²) in [4.78, 5) is 4.06. The number of hydrogen-bond donors (Lipinski definition) is 0. The number of hydrazone groups is 1. The van der Waals surface area contributed by atoms with Gasteiger partial charge in [0.1, 0.15) is 5.84 Å². The summed E-state index contributed by atoms with van der Waals surface area (Å²) < 4.78 is 5.57. The van der Waals surface area contributed by atoms with Gasteiger partial charge in [0, 0.05) is 20.4 Å². The maximum absolute atomic E-state index is 5.57. The maximum atomic E-state index is 5.57. The highest BCUT2D eigenvalue weighted by Crippen LogP contribution is 2.17. The van der Waals surface area contributed by atoms with E-state index >= 15 is 0 Å². The Morgan fingerprint density at radius 2 is 2.31 bits per heavy atom. The van der Waals surface area contributed by atoms with E-state index in [0.29, 0.717) is 0 Å². The summed E-state index contributed by atoms with van der Waals surface area (Å²) in [5, 5.41) is 5.66. The summed E-state index contributed by atoms with van der Waals surface area (Å²) in [5.41, 5.74) is 0. The smallest absolute Gasteiger partial charge is 0.152 e. The first-order chi connectivity index (χ1) is 6.29. The van der Waals surface area contributed by atoms with Crippen molar-refractivity contribution in [3.63, 3.8) is 0 Å².